The van der Waals surface area contributed by atoms with Crippen LogP contribution in [0.2, 0.25) is 15.1 Å². The largest absolute Gasteiger partial charge is 0.334 e. The summed E-state index contributed by atoms with van der Waals surface area (Å²) in [7, 11) is 0. The summed E-state index contributed by atoms with van der Waals surface area (Å²) in [6.07, 6.45) is 1.45. The Bertz CT molecular complexity index is 860. The van der Waals surface area contributed by atoms with Crippen molar-refractivity contribution < 1.29 is 4.79 Å². The standard InChI is InChI=1S/C20H18Cl3NO/c1-3-12(2)18-17(22)10-16-15(19(18)23)7-8-24(20(16)25)11-13-5-4-6-14(21)9-13/h4-6,9-10H,2-3,7-8,11H2,1H3. The Hall–Kier alpha value is -1.48. The molecule has 0 unspecified atom stereocenters. The van der Waals surface area contributed by atoms with Crippen LogP contribution in [0.3, 0.4) is 0 Å². The number of carbonyl (C=O) groups excluding carboxylic acids is 1. The second kappa shape index (κ2) is 7.41. The first kappa shape index (κ1) is 18.3. The van der Waals surface area contributed by atoms with Crippen molar-refractivity contribution in [2.75, 3.05) is 6.54 Å². The molecule has 0 saturated carbocycles. The molecule has 130 valence electrons. The Morgan fingerprint density at radius 1 is 1.24 bits per heavy atom. The van der Waals surface area contributed by atoms with Crippen LogP contribution in [0.15, 0.2) is 36.9 Å². The zero-order chi connectivity index (χ0) is 18.1. The van der Waals surface area contributed by atoms with Crippen molar-refractivity contribution in [3.63, 3.8) is 0 Å². The maximum Gasteiger partial charge on any atom is 0.254 e. The quantitative estimate of drug-likeness (QED) is 0.598. The van der Waals surface area contributed by atoms with Crippen LogP contribution in [0.4, 0.5) is 0 Å². The molecule has 0 N–H and O–H groups in total. The number of allylic oxidation sites excluding steroid dienone is 1. The van der Waals surface area contributed by atoms with Gasteiger partial charge in [-0.2, -0.15) is 0 Å². The number of fused-ring (bicyclic) bond motifs is 1. The second-order valence-corrected chi connectivity index (χ2v) is 7.36. The number of hydrogen-bond donors (Lipinski definition) is 0. The lowest BCUT2D eigenvalue weighted by Crippen LogP contribution is -2.37. The average molecular weight is 395 g/mol. The zero-order valence-corrected chi connectivity index (χ0v) is 16.2. The number of halogens is 3. The fraction of sp³-hybridized carbons (Fsp3) is 0.250. The van der Waals surface area contributed by atoms with Crippen molar-refractivity contribution in [1.82, 2.24) is 4.90 Å². The minimum atomic E-state index is -0.0568. The Labute approximate surface area is 163 Å². The number of benzene rings is 2. The fourth-order valence-electron chi connectivity index (χ4n) is 3.12. The number of amides is 1. The molecule has 5 heteroatoms. The SMILES string of the molecule is C=C(CC)c1c(Cl)cc2c(c1Cl)CCN(Cc1cccc(Cl)c1)C2=O. The predicted molar refractivity (Wildman–Crippen MR) is 106 cm³/mol. The van der Waals surface area contributed by atoms with Gasteiger partial charge < -0.3 is 4.90 Å². The van der Waals surface area contributed by atoms with Crippen LogP contribution in [-0.4, -0.2) is 17.4 Å². The summed E-state index contributed by atoms with van der Waals surface area (Å²) in [5, 5.41) is 1.70. The minimum Gasteiger partial charge on any atom is -0.334 e. The molecule has 0 saturated heterocycles. The van der Waals surface area contributed by atoms with Crippen LogP contribution in [0.1, 0.15) is 40.4 Å². The van der Waals surface area contributed by atoms with E-state index in [1.54, 1.807) is 11.0 Å². The van der Waals surface area contributed by atoms with Gasteiger partial charge in [0, 0.05) is 29.2 Å². The Kier molecular flexibility index (Phi) is 5.43. The van der Waals surface area contributed by atoms with Crippen LogP contribution < -0.4 is 0 Å². The van der Waals surface area contributed by atoms with E-state index in [0.29, 0.717) is 40.1 Å². The molecular formula is C20H18Cl3NO. The van der Waals surface area contributed by atoms with E-state index in [4.69, 9.17) is 34.8 Å². The molecule has 0 spiro atoms. The van der Waals surface area contributed by atoms with E-state index in [1.165, 1.54) is 0 Å². The monoisotopic (exact) mass is 393 g/mol. The van der Waals surface area contributed by atoms with Crippen molar-refractivity contribution in [2.24, 2.45) is 0 Å². The first-order chi connectivity index (χ1) is 11.9. The Morgan fingerprint density at radius 2 is 2.00 bits per heavy atom. The number of hydrogen-bond acceptors (Lipinski definition) is 1. The molecule has 2 aromatic rings. The smallest absolute Gasteiger partial charge is 0.254 e. The molecule has 0 aromatic heterocycles. The van der Waals surface area contributed by atoms with Gasteiger partial charge in [-0.15, -0.1) is 0 Å². The van der Waals surface area contributed by atoms with Crippen LogP contribution >= 0.6 is 34.8 Å². The third-order valence-electron chi connectivity index (χ3n) is 4.51. The summed E-state index contributed by atoms with van der Waals surface area (Å²) >= 11 is 19.0. The summed E-state index contributed by atoms with van der Waals surface area (Å²) in [6.45, 7) is 7.16. The topological polar surface area (TPSA) is 20.3 Å². The van der Waals surface area contributed by atoms with E-state index in [1.807, 2.05) is 31.2 Å². The Morgan fingerprint density at radius 3 is 2.68 bits per heavy atom. The molecule has 0 aliphatic carbocycles. The Balaban J connectivity index is 1.94. The van der Waals surface area contributed by atoms with Gasteiger partial charge in [0.1, 0.15) is 0 Å². The third kappa shape index (κ3) is 3.57. The minimum absolute atomic E-state index is 0.0568. The average Bonchev–Trinajstić information content (AvgIpc) is 2.58. The van der Waals surface area contributed by atoms with Crippen molar-refractivity contribution in [3.05, 3.63) is 74.2 Å². The van der Waals surface area contributed by atoms with E-state index in [-0.39, 0.29) is 5.91 Å². The molecule has 2 nitrogen and oxygen atoms in total. The van der Waals surface area contributed by atoms with E-state index >= 15 is 0 Å². The van der Waals surface area contributed by atoms with Gasteiger partial charge in [0.05, 0.1) is 10.0 Å². The van der Waals surface area contributed by atoms with E-state index < -0.39 is 0 Å². The molecule has 1 aliphatic heterocycles. The van der Waals surface area contributed by atoms with Gasteiger partial charge >= 0.3 is 0 Å². The highest BCUT2D eigenvalue weighted by molar-refractivity contribution is 6.38. The molecule has 25 heavy (non-hydrogen) atoms. The number of rotatable bonds is 4. The van der Waals surface area contributed by atoms with Crippen LogP contribution in [-0.2, 0) is 13.0 Å². The summed E-state index contributed by atoms with van der Waals surface area (Å²) in [4.78, 5) is 14.7. The van der Waals surface area contributed by atoms with Crippen molar-refractivity contribution in [1.29, 1.82) is 0 Å². The molecule has 0 radical (unpaired) electrons. The molecular weight excluding hydrogens is 377 g/mol. The first-order valence-electron chi connectivity index (χ1n) is 8.15. The summed E-state index contributed by atoms with van der Waals surface area (Å²) in [5.41, 5.74) is 4.09. The highest BCUT2D eigenvalue weighted by atomic mass is 35.5. The maximum absolute atomic E-state index is 12.9. The maximum atomic E-state index is 12.9. The van der Waals surface area contributed by atoms with Gasteiger partial charge in [0.25, 0.3) is 5.91 Å². The van der Waals surface area contributed by atoms with Gasteiger partial charge in [-0.05, 0) is 47.7 Å². The van der Waals surface area contributed by atoms with E-state index in [2.05, 4.69) is 6.58 Å². The van der Waals surface area contributed by atoms with Crippen LogP contribution in [0, 0.1) is 0 Å². The lowest BCUT2D eigenvalue weighted by molar-refractivity contribution is 0.0727. The molecule has 1 amide bonds. The third-order valence-corrected chi connectivity index (χ3v) is 5.46. The lowest BCUT2D eigenvalue weighted by atomic mass is 9.93. The molecule has 2 aromatic carbocycles. The molecule has 1 aliphatic rings. The number of nitrogens with zero attached hydrogens (tertiary/aromatic N) is 1. The van der Waals surface area contributed by atoms with Gasteiger partial charge in [0.15, 0.2) is 0 Å². The molecule has 0 bridgehead atoms. The van der Waals surface area contributed by atoms with Crippen molar-refractivity contribution >= 4 is 46.3 Å². The zero-order valence-electron chi connectivity index (χ0n) is 13.9. The summed E-state index contributed by atoms with van der Waals surface area (Å²) in [5.74, 6) is -0.0568. The normalized spacial score (nSPS) is 13.8. The highest BCUT2D eigenvalue weighted by Crippen LogP contribution is 2.38. The first-order valence-corrected chi connectivity index (χ1v) is 9.28. The van der Waals surface area contributed by atoms with Crippen molar-refractivity contribution in [3.8, 4) is 0 Å². The van der Waals surface area contributed by atoms with Crippen molar-refractivity contribution in [2.45, 2.75) is 26.3 Å². The molecule has 0 fully saturated rings. The predicted octanol–water partition coefficient (Wildman–Crippen LogP) is 6.27. The summed E-state index contributed by atoms with van der Waals surface area (Å²) in [6, 6.07) is 9.27. The molecule has 0 atom stereocenters. The van der Waals surface area contributed by atoms with Gasteiger partial charge in [-0.1, -0.05) is 60.4 Å². The van der Waals surface area contributed by atoms with Gasteiger partial charge in [-0.3, -0.25) is 4.79 Å². The number of carbonyl (C=O) groups is 1. The van der Waals surface area contributed by atoms with E-state index in [9.17, 15) is 4.79 Å². The summed E-state index contributed by atoms with van der Waals surface area (Å²) < 4.78 is 0. The lowest BCUT2D eigenvalue weighted by Gasteiger charge is -2.30. The van der Waals surface area contributed by atoms with Gasteiger partial charge in [0.2, 0.25) is 0 Å². The highest BCUT2D eigenvalue weighted by Gasteiger charge is 2.29. The second-order valence-electron chi connectivity index (χ2n) is 6.14. The van der Waals surface area contributed by atoms with Crippen LogP contribution in [0.5, 0.6) is 0 Å². The molecule has 1 heterocycles. The van der Waals surface area contributed by atoms with E-state index in [0.717, 1.165) is 28.7 Å². The van der Waals surface area contributed by atoms with Gasteiger partial charge in [-0.25, -0.2) is 0 Å². The van der Waals surface area contributed by atoms with Crippen LogP contribution in [0.25, 0.3) is 5.57 Å². The fourth-order valence-corrected chi connectivity index (χ4v) is 4.15. The molecule has 3 rings (SSSR count).